The van der Waals surface area contributed by atoms with Crippen LogP contribution in [0, 0.1) is 20.8 Å². The standard InChI is InChI=1S/C21H22N2O2S3/c1-13-10-14(2)19(15(3)11-13)22-18(24)7-4-8-23-20(25)17(28-21(23)26)12-16-6-5-9-27-16/h5-6,9-12H,4,7-8H2,1-3H3,(H,22,24). The summed E-state index contributed by atoms with van der Waals surface area (Å²) in [6.45, 7) is 6.48. The molecular weight excluding hydrogens is 408 g/mol. The van der Waals surface area contributed by atoms with Gasteiger partial charge in [0.2, 0.25) is 5.91 Å². The molecule has 3 rings (SSSR count). The van der Waals surface area contributed by atoms with E-state index in [1.807, 2.05) is 44.4 Å². The molecular formula is C21H22N2O2S3. The number of carbonyl (C=O) groups is 2. The Bertz CT molecular complexity index is 926. The zero-order valence-electron chi connectivity index (χ0n) is 16.1. The summed E-state index contributed by atoms with van der Waals surface area (Å²) in [5.41, 5.74) is 4.17. The Morgan fingerprint density at radius 2 is 1.96 bits per heavy atom. The molecule has 2 aromatic rings. The zero-order chi connectivity index (χ0) is 20.3. The lowest BCUT2D eigenvalue weighted by Crippen LogP contribution is -2.29. The highest BCUT2D eigenvalue weighted by atomic mass is 32.2. The van der Waals surface area contributed by atoms with Gasteiger partial charge in [0, 0.05) is 23.5 Å². The molecule has 4 nitrogen and oxygen atoms in total. The van der Waals surface area contributed by atoms with Crippen LogP contribution in [0.2, 0.25) is 0 Å². The van der Waals surface area contributed by atoms with E-state index in [0.29, 0.717) is 28.6 Å². The molecule has 0 saturated carbocycles. The molecule has 1 aliphatic rings. The summed E-state index contributed by atoms with van der Waals surface area (Å²) in [5, 5.41) is 4.98. The van der Waals surface area contributed by atoms with Gasteiger partial charge in [-0.3, -0.25) is 14.5 Å². The average Bonchev–Trinajstić information content (AvgIpc) is 3.22. The number of nitrogens with one attached hydrogen (secondary N) is 1. The molecule has 1 aliphatic heterocycles. The van der Waals surface area contributed by atoms with E-state index < -0.39 is 0 Å². The van der Waals surface area contributed by atoms with Gasteiger partial charge in [-0.15, -0.1) is 11.3 Å². The predicted molar refractivity (Wildman–Crippen MR) is 123 cm³/mol. The molecule has 1 aromatic carbocycles. The van der Waals surface area contributed by atoms with Gasteiger partial charge >= 0.3 is 0 Å². The summed E-state index contributed by atoms with van der Waals surface area (Å²) in [6.07, 6.45) is 2.78. The molecule has 2 amide bonds. The van der Waals surface area contributed by atoms with Gasteiger partial charge in [-0.05, 0) is 55.8 Å². The van der Waals surface area contributed by atoms with Gasteiger partial charge in [0.05, 0.1) is 4.91 Å². The summed E-state index contributed by atoms with van der Waals surface area (Å²) in [6, 6.07) is 8.04. The summed E-state index contributed by atoms with van der Waals surface area (Å²) < 4.78 is 0.554. The first-order valence-electron chi connectivity index (χ1n) is 9.01. The van der Waals surface area contributed by atoms with E-state index in [4.69, 9.17) is 12.2 Å². The molecule has 0 aliphatic carbocycles. The van der Waals surface area contributed by atoms with Crippen LogP contribution in [0.1, 0.15) is 34.4 Å². The van der Waals surface area contributed by atoms with E-state index in [1.54, 1.807) is 16.2 Å². The molecule has 2 heterocycles. The third-order valence-corrected chi connectivity index (χ3v) is 6.61. The monoisotopic (exact) mass is 430 g/mol. The first-order chi connectivity index (χ1) is 13.3. The molecule has 28 heavy (non-hydrogen) atoms. The van der Waals surface area contributed by atoms with Crippen molar-refractivity contribution in [3.05, 3.63) is 56.1 Å². The van der Waals surface area contributed by atoms with Crippen LogP contribution >= 0.6 is 35.3 Å². The molecule has 146 valence electrons. The van der Waals surface area contributed by atoms with E-state index in [2.05, 4.69) is 17.4 Å². The van der Waals surface area contributed by atoms with Crippen LogP contribution in [0.5, 0.6) is 0 Å². The van der Waals surface area contributed by atoms with E-state index in [-0.39, 0.29) is 11.8 Å². The van der Waals surface area contributed by atoms with Gasteiger partial charge in [0.25, 0.3) is 5.91 Å². The lowest BCUT2D eigenvalue weighted by atomic mass is 10.0. The Morgan fingerprint density at radius 3 is 2.61 bits per heavy atom. The van der Waals surface area contributed by atoms with Crippen LogP contribution in [0.25, 0.3) is 6.08 Å². The lowest BCUT2D eigenvalue weighted by Gasteiger charge is -2.15. The topological polar surface area (TPSA) is 49.4 Å². The van der Waals surface area contributed by atoms with Crippen molar-refractivity contribution in [2.45, 2.75) is 33.6 Å². The van der Waals surface area contributed by atoms with Crippen molar-refractivity contribution in [1.29, 1.82) is 0 Å². The first-order valence-corrected chi connectivity index (χ1v) is 11.1. The van der Waals surface area contributed by atoms with Gasteiger partial charge in [-0.25, -0.2) is 0 Å². The molecule has 1 aromatic heterocycles. The molecule has 1 fully saturated rings. The van der Waals surface area contributed by atoms with E-state index in [9.17, 15) is 9.59 Å². The number of nitrogens with zero attached hydrogens (tertiary/aromatic N) is 1. The van der Waals surface area contributed by atoms with E-state index in [0.717, 1.165) is 21.7 Å². The minimum absolute atomic E-state index is 0.0466. The number of hydrogen-bond donors (Lipinski definition) is 1. The molecule has 0 atom stereocenters. The number of amides is 2. The number of hydrogen-bond acceptors (Lipinski definition) is 5. The van der Waals surface area contributed by atoms with Crippen LogP contribution in [0.4, 0.5) is 5.69 Å². The van der Waals surface area contributed by atoms with Gasteiger partial charge in [0.15, 0.2) is 0 Å². The summed E-state index contributed by atoms with van der Waals surface area (Å²) in [4.78, 5) is 28.2. The second-order valence-electron chi connectivity index (χ2n) is 6.77. The Labute approximate surface area is 179 Å². The summed E-state index contributed by atoms with van der Waals surface area (Å²) >= 11 is 8.26. The van der Waals surface area contributed by atoms with Gasteiger partial charge in [-0.1, -0.05) is 47.7 Å². The van der Waals surface area contributed by atoms with Crippen LogP contribution in [-0.4, -0.2) is 27.6 Å². The Hall–Kier alpha value is -1.96. The lowest BCUT2D eigenvalue weighted by molar-refractivity contribution is -0.122. The number of carbonyl (C=O) groups excluding carboxylic acids is 2. The number of aryl methyl sites for hydroxylation is 3. The van der Waals surface area contributed by atoms with E-state index in [1.165, 1.54) is 17.3 Å². The maximum atomic E-state index is 12.6. The third kappa shape index (κ3) is 4.90. The van der Waals surface area contributed by atoms with Crippen molar-refractivity contribution in [2.24, 2.45) is 0 Å². The largest absolute Gasteiger partial charge is 0.326 e. The van der Waals surface area contributed by atoms with Crippen LogP contribution < -0.4 is 5.32 Å². The smallest absolute Gasteiger partial charge is 0.266 e. The number of thiocarbonyl (C=S) groups is 1. The van der Waals surface area contributed by atoms with Crippen LogP contribution in [0.15, 0.2) is 34.6 Å². The Morgan fingerprint density at radius 1 is 1.25 bits per heavy atom. The molecule has 0 spiro atoms. The maximum Gasteiger partial charge on any atom is 0.266 e. The quantitative estimate of drug-likeness (QED) is 0.499. The highest BCUT2D eigenvalue weighted by Gasteiger charge is 2.31. The normalized spacial score (nSPS) is 15.5. The van der Waals surface area contributed by atoms with Crippen molar-refractivity contribution in [2.75, 3.05) is 11.9 Å². The molecule has 0 radical (unpaired) electrons. The first kappa shape index (κ1) is 20.8. The average molecular weight is 431 g/mol. The van der Waals surface area contributed by atoms with Crippen molar-refractivity contribution in [3.63, 3.8) is 0 Å². The summed E-state index contributed by atoms with van der Waals surface area (Å²) in [5.74, 6) is -0.122. The van der Waals surface area contributed by atoms with Gasteiger partial charge < -0.3 is 5.32 Å². The maximum absolute atomic E-state index is 12.6. The van der Waals surface area contributed by atoms with Crippen molar-refractivity contribution >= 4 is 63.2 Å². The Balaban J connectivity index is 1.54. The Kier molecular flexibility index (Phi) is 6.69. The van der Waals surface area contributed by atoms with Crippen LogP contribution in [0.3, 0.4) is 0 Å². The fourth-order valence-corrected chi connectivity index (χ4v) is 5.20. The number of thioether (sulfide) groups is 1. The fraction of sp³-hybridized carbons (Fsp3) is 0.286. The SMILES string of the molecule is Cc1cc(C)c(NC(=O)CCCN2C(=O)C(=Cc3cccs3)SC2=S)c(C)c1. The number of thiophene rings is 1. The third-order valence-electron chi connectivity index (χ3n) is 4.42. The molecule has 0 bridgehead atoms. The zero-order valence-corrected chi connectivity index (χ0v) is 18.5. The fourth-order valence-electron chi connectivity index (χ4n) is 3.17. The van der Waals surface area contributed by atoms with Gasteiger partial charge in [0.1, 0.15) is 4.32 Å². The molecule has 7 heteroatoms. The second kappa shape index (κ2) is 9.03. The highest BCUT2D eigenvalue weighted by Crippen LogP contribution is 2.33. The van der Waals surface area contributed by atoms with Crippen LogP contribution in [-0.2, 0) is 9.59 Å². The van der Waals surface area contributed by atoms with Crippen molar-refractivity contribution in [3.8, 4) is 0 Å². The molecule has 1 saturated heterocycles. The number of rotatable bonds is 6. The number of benzene rings is 1. The molecule has 1 N–H and O–H groups in total. The summed E-state index contributed by atoms with van der Waals surface area (Å²) in [7, 11) is 0. The van der Waals surface area contributed by atoms with Crippen molar-refractivity contribution < 1.29 is 9.59 Å². The predicted octanol–water partition coefficient (Wildman–Crippen LogP) is 5.29. The number of anilines is 1. The minimum atomic E-state index is -0.0750. The minimum Gasteiger partial charge on any atom is -0.326 e. The molecule has 0 unspecified atom stereocenters. The van der Waals surface area contributed by atoms with Gasteiger partial charge in [-0.2, -0.15) is 0 Å². The van der Waals surface area contributed by atoms with E-state index >= 15 is 0 Å². The highest BCUT2D eigenvalue weighted by molar-refractivity contribution is 8.26. The van der Waals surface area contributed by atoms with Crippen molar-refractivity contribution in [1.82, 2.24) is 4.90 Å². The second-order valence-corrected chi connectivity index (χ2v) is 9.43.